The molecule has 0 amide bonds. The van der Waals surface area contributed by atoms with Crippen LogP contribution < -0.4 is 4.74 Å². The molecule has 2 aromatic rings. The van der Waals surface area contributed by atoms with E-state index in [2.05, 4.69) is 17.0 Å². The Hall–Kier alpha value is -1.91. The third-order valence-electron chi connectivity index (χ3n) is 3.62. The summed E-state index contributed by atoms with van der Waals surface area (Å²) in [7, 11) is 0. The van der Waals surface area contributed by atoms with Gasteiger partial charge in [-0.3, -0.25) is 0 Å². The molecule has 0 N–H and O–H groups in total. The van der Waals surface area contributed by atoms with E-state index in [1.54, 1.807) is 0 Å². The second kappa shape index (κ2) is 7.38. The Kier molecular flexibility index (Phi) is 5.03. The zero-order chi connectivity index (χ0) is 15.2. The highest BCUT2D eigenvalue weighted by atomic mass is 32.1. The largest absolute Gasteiger partial charge is 0.457 e. The van der Waals surface area contributed by atoms with Crippen LogP contribution in [0, 0.1) is 0 Å². The lowest BCUT2D eigenvalue weighted by atomic mass is 10.1. The van der Waals surface area contributed by atoms with E-state index in [-0.39, 0.29) is 0 Å². The summed E-state index contributed by atoms with van der Waals surface area (Å²) in [6.45, 7) is 3.33. The molecule has 1 aliphatic heterocycles. The predicted molar refractivity (Wildman–Crippen MR) is 91.7 cm³/mol. The highest BCUT2D eigenvalue weighted by Gasteiger charge is 2.13. The van der Waals surface area contributed by atoms with Crippen LogP contribution in [0.5, 0.6) is 11.5 Å². The van der Waals surface area contributed by atoms with Gasteiger partial charge in [0.15, 0.2) is 0 Å². The van der Waals surface area contributed by atoms with Crippen molar-refractivity contribution < 1.29 is 9.47 Å². The summed E-state index contributed by atoms with van der Waals surface area (Å²) in [4.78, 5) is 3.22. The first-order valence-electron chi connectivity index (χ1n) is 7.48. The van der Waals surface area contributed by atoms with E-state index in [4.69, 9.17) is 21.7 Å². The van der Waals surface area contributed by atoms with Crippen molar-refractivity contribution in [1.82, 2.24) is 4.90 Å². The number of rotatable bonds is 4. The predicted octanol–water partition coefficient (Wildman–Crippen LogP) is 3.68. The number of para-hydroxylation sites is 1. The van der Waals surface area contributed by atoms with E-state index in [9.17, 15) is 0 Å². The van der Waals surface area contributed by atoms with E-state index in [1.165, 1.54) is 5.56 Å². The lowest BCUT2D eigenvalue weighted by Gasteiger charge is -2.29. The maximum Gasteiger partial charge on any atom is 0.127 e. The third-order valence-corrected chi connectivity index (χ3v) is 4.02. The van der Waals surface area contributed by atoms with Crippen LogP contribution in [-0.2, 0) is 11.2 Å². The number of ether oxygens (including phenoxy) is 2. The SMILES string of the molecule is S=C(Cc1ccc(Oc2ccccc2)cc1)N1CCOCC1. The molecule has 0 atom stereocenters. The summed E-state index contributed by atoms with van der Waals surface area (Å²) in [6.07, 6.45) is 0.793. The summed E-state index contributed by atoms with van der Waals surface area (Å²) in [5.74, 6) is 1.69. The van der Waals surface area contributed by atoms with Gasteiger partial charge in [0, 0.05) is 19.5 Å². The Morgan fingerprint density at radius 2 is 1.59 bits per heavy atom. The maximum atomic E-state index is 5.79. The zero-order valence-corrected chi connectivity index (χ0v) is 13.2. The van der Waals surface area contributed by atoms with Crippen molar-refractivity contribution in [1.29, 1.82) is 0 Å². The molecule has 1 saturated heterocycles. The maximum absolute atomic E-state index is 5.79. The van der Waals surface area contributed by atoms with Crippen LogP contribution in [0.15, 0.2) is 54.6 Å². The molecule has 1 aliphatic rings. The molecule has 0 saturated carbocycles. The number of nitrogens with zero attached hydrogens (tertiary/aromatic N) is 1. The van der Waals surface area contributed by atoms with Gasteiger partial charge in [-0.05, 0) is 29.8 Å². The van der Waals surface area contributed by atoms with Gasteiger partial charge in [-0.2, -0.15) is 0 Å². The fourth-order valence-electron chi connectivity index (χ4n) is 2.40. The summed E-state index contributed by atoms with van der Waals surface area (Å²) < 4.78 is 11.1. The fraction of sp³-hybridized carbons (Fsp3) is 0.278. The molecule has 2 aromatic carbocycles. The van der Waals surface area contributed by atoms with Gasteiger partial charge in [0.25, 0.3) is 0 Å². The smallest absolute Gasteiger partial charge is 0.127 e. The Balaban J connectivity index is 1.58. The molecule has 0 bridgehead atoms. The Morgan fingerprint density at radius 1 is 0.955 bits per heavy atom. The molecule has 1 heterocycles. The van der Waals surface area contributed by atoms with Gasteiger partial charge in [0.1, 0.15) is 11.5 Å². The van der Waals surface area contributed by atoms with Crippen molar-refractivity contribution >= 4 is 17.2 Å². The molecule has 4 heteroatoms. The first kappa shape index (κ1) is 15.0. The molecule has 1 fully saturated rings. The van der Waals surface area contributed by atoms with Gasteiger partial charge >= 0.3 is 0 Å². The molecule has 0 unspecified atom stereocenters. The topological polar surface area (TPSA) is 21.7 Å². The van der Waals surface area contributed by atoms with Crippen molar-refractivity contribution in [2.45, 2.75) is 6.42 Å². The molecular weight excluding hydrogens is 294 g/mol. The third kappa shape index (κ3) is 4.06. The summed E-state index contributed by atoms with van der Waals surface area (Å²) >= 11 is 5.53. The number of thiocarbonyl (C=S) groups is 1. The van der Waals surface area contributed by atoms with Crippen molar-refractivity contribution in [3.63, 3.8) is 0 Å². The lowest BCUT2D eigenvalue weighted by Crippen LogP contribution is -2.40. The summed E-state index contributed by atoms with van der Waals surface area (Å²) in [6, 6.07) is 17.9. The van der Waals surface area contributed by atoms with Crippen molar-refractivity contribution in [3.05, 3.63) is 60.2 Å². The van der Waals surface area contributed by atoms with Crippen molar-refractivity contribution in [2.24, 2.45) is 0 Å². The van der Waals surface area contributed by atoms with Crippen LogP contribution in [0.25, 0.3) is 0 Å². The number of hydrogen-bond acceptors (Lipinski definition) is 3. The minimum Gasteiger partial charge on any atom is -0.457 e. The van der Waals surface area contributed by atoms with Crippen LogP contribution in [-0.4, -0.2) is 36.2 Å². The van der Waals surface area contributed by atoms with Crippen LogP contribution in [0.1, 0.15) is 5.56 Å². The van der Waals surface area contributed by atoms with E-state index in [1.807, 2.05) is 42.5 Å². The van der Waals surface area contributed by atoms with Gasteiger partial charge in [-0.25, -0.2) is 0 Å². The molecule has 0 aromatic heterocycles. The molecule has 114 valence electrons. The van der Waals surface area contributed by atoms with Crippen molar-refractivity contribution in [2.75, 3.05) is 26.3 Å². The number of benzene rings is 2. The van der Waals surface area contributed by atoms with E-state index < -0.39 is 0 Å². The van der Waals surface area contributed by atoms with E-state index >= 15 is 0 Å². The van der Waals surface area contributed by atoms with Gasteiger partial charge in [-0.1, -0.05) is 42.5 Å². The van der Waals surface area contributed by atoms with E-state index in [0.29, 0.717) is 0 Å². The monoisotopic (exact) mass is 313 g/mol. The van der Waals surface area contributed by atoms with Gasteiger partial charge in [0.05, 0.1) is 18.2 Å². The fourth-order valence-corrected chi connectivity index (χ4v) is 2.75. The van der Waals surface area contributed by atoms with Crippen LogP contribution in [0.4, 0.5) is 0 Å². The molecule has 3 rings (SSSR count). The standard InChI is InChI=1S/C18H19NO2S/c22-18(19-10-12-20-13-11-19)14-15-6-8-17(9-7-15)21-16-4-2-1-3-5-16/h1-9H,10-14H2. The van der Waals surface area contributed by atoms with Crippen LogP contribution >= 0.6 is 12.2 Å². The summed E-state index contributed by atoms with van der Waals surface area (Å²) in [5.41, 5.74) is 1.21. The summed E-state index contributed by atoms with van der Waals surface area (Å²) in [5, 5.41) is 0. The Bertz CT molecular complexity index is 607. The quantitative estimate of drug-likeness (QED) is 0.803. The Morgan fingerprint density at radius 3 is 2.27 bits per heavy atom. The second-order valence-corrected chi connectivity index (χ2v) is 5.70. The average Bonchev–Trinajstić information content (AvgIpc) is 2.58. The van der Waals surface area contributed by atoms with Gasteiger partial charge in [-0.15, -0.1) is 0 Å². The molecule has 0 spiro atoms. The minimum absolute atomic E-state index is 0.768. The molecule has 0 aliphatic carbocycles. The van der Waals surface area contributed by atoms with Crippen molar-refractivity contribution in [3.8, 4) is 11.5 Å². The zero-order valence-electron chi connectivity index (χ0n) is 12.4. The average molecular weight is 313 g/mol. The number of hydrogen-bond donors (Lipinski definition) is 0. The molecule has 0 radical (unpaired) electrons. The second-order valence-electron chi connectivity index (χ2n) is 5.23. The van der Waals surface area contributed by atoms with Gasteiger partial charge < -0.3 is 14.4 Å². The Labute approximate surface area is 136 Å². The highest BCUT2D eigenvalue weighted by Crippen LogP contribution is 2.21. The first-order valence-corrected chi connectivity index (χ1v) is 7.89. The molecule has 22 heavy (non-hydrogen) atoms. The van der Waals surface area contributed by atoms with E-state index in [0.717, 1.165) is 49.2 Å². The first-order chi connectivity index (χ1) is 10.8. The number of morpholine rings is 1. The van der Waals surface area contributed by atoms with Crippen LogP contribution in [0.2, 0.25) is 0 Å². The molecule has 3 nitrogen and oxygen atoms in total. The van der Waals surface area contributed by atoms with Gasteiger partial charge in [0.2, 0.25) is 0 Å². The van der Waals surface area contributed by atoms with Crippen LogP contribution in [0.3, 0.4) is 0 Å². The lowest BCUT2D eigenvalue weighted by molar-refractivity contribution is 0.0685. The highest BCUT2D eigenvalue weighted by molar-refractivity contribution is 7.80. The minimum atomic E-state index is 0.768. The molecular formula is C18H19NO2S. The normalized spacial score (nSPS) is 14.6.